The van der Waals surface area contributed by atoms with Gasteiger partial charge in [0.1, 0.15) is 5.69 Å². The molecule has 0 spiro atoms. The van der Waals surface area contributed by atoms with Gasteiger partial charge in [-0.05, 0) is 31.4 Å². The molecule has 3 N–H and O–H groups in total. The smallest absolute Gasteiger partial charge is 0.325 e. The molecule has 6 heteroatoms. The lowest BCUT2D eigenvalue weighted by Crippen LogP contribution is -2.39. The van der Waals surface area contributed by atoms with Crippen LogP contribution in [0.15, 0.2) is 16.9 Å². The molecule has 2 aromatic heterocycles. The number of fused-ring (bicyclic) bond motifs is 1. The predicted molar refractivity (Wildman–Crippen MR) is 61.8 cm³/mol. The van der Waals surface area contributed by atoms with Gasteiger partial charge in [-0.2, -0.15) is 0 Å². The molecule has 88 valence electrons. The summed E-state index contributed by atoms with van der Waals surface area (Å²) >= 11 is 0. The minimum absolute atomic E-state index is 0.182. The molecule has 2 heterocycles. The minimum Gasteiger partial charge on any atom is -0.348 e. The van der Waals surface area contributed by atoms with Gasteiger partial charge in [0, 0.05) is 6.04 Å². The largest absolute Gasteiger partial charge is 0.348 e. The van der Waals surface area contributed by atoms with E-state index in [-0.39, 0.29) is 17.6 Å². The highest BCUT2D eigenvalue weighted by molar-refractivity contribution is 5.94. The molecule has 1 fully saturated rings. The lowest BCUT2D eigenvalue weighted by molar-refractivity contribution is 0.0912. The van der Waals surface area contributed by atoms with Crippen molar-refractivity contribution in [2.45, 2.75) is 25.3 Å². The molecule has 2 aromatic rings. The van der Waals surface area contributed by atoms with Crippen molar-refractivity contribution in [3.05, 3.63) is 28.3 Å². The highest BCUT2D eigenvalue weighted by Crippen LogP contribution is 2.18. The normalized spacial score (nSPS) is 15.8. The summed E-state index contributed by atoms with van der Waals surface area (Å²) in [7, 11) is 0. The summed E-state index contributed by atoms with van der Waals surface area (Å²) in [5, 5.41) is 2.90. The van der Waals surface area contributed by atoms with E-state index in [1.807, 2.05) is 0 Å². The Balaban J connectivity index is 1.88. The summed E-state index contributed by atoms with van der Waals surface area (Å²) in [4.78, 5) is 32.1. The van der Waals surface area contributed by atoms with Crippen LogP contribution in [0.2, 0.25) is 0 Å². The molecule has 0 bridgehead atoms. The fraction of sp³-hybridized carbons (Fsp3) is 0.364. The molecule has 1 amide bonds. The molecular weight excluding hydrogens is 220 g/mol. The minimum atomic E-state index is -0.316. The molecule has 0 saturated heterocycles. The number of nitrogens with zero attached hydrogens (tertiary/aromatic N) is 1. The molecule has 0 radical (unpaired) electrons. The average molecular weight is 232 g/mol. The van der Waals surface area contributed by atoms with Crippen LogP contribution in [0.4, 0.5) is 0 Å². The molecule has 1 aliphatic carbocycles. The van der Waals surface area contributed by atoms with Crippen LogP contribution in [0, 0.1) is 0 Å². The highest BCUT2D eigenvalue weighted by atomic mass is 16.2. The van der Waals surface area contributed by atoms with Gasteiger partial charge in [0.2, 0.25) is 0 Å². The third-order valence-electron chi connectivity index (χ3n) is 3.05. The number of carbonyl (C=O) groups excluding carboxylic acids is 1. The fourth-order valence-corrected chi connectivity index (χ4v) is 1.85. The van der Waals surface area contributed by atoms with Crippen molar-refractivity contribution in [1.82, 2.24) is 20.3 Å². The van der Waals surface area contributed by atoms with Crippen LogP contribution in [-0.2, 0) is 0 Å². The lowest BCUT2D eigenvalue weighted by atomic mass is 9.93. The Kier molecular flexibility index (Phi) is 2.21. The second-order valence-corrected chi connectivity index (χ2v) is 4.27. The first-order valence-corrected chi connectivity index (χ1v) is 5.62. The third kappa shape index (κ3) is 1.82. The first-order valence-electron chi connectivity index (χ1n) is 5.62. The molecule has 0 aliphatic heterocycles. The summed E-state index contributed by atoms with van der Waals surface area (Å²) in [6, 6.07) is 3.57. The Bertz CT molecular complexity index is 624. The number of H-pyrrole nitrogens is 2. The van der Waals surface area contributed by atoms with Gasteiger partial charge in [0.25, 0.3) is 5.91 Å². The summed E-state index contributed by atoms with van der Waals surface area (Å²) in [6.07, 6.45) is 3.24. The van der Waals surface area contributed by atoms with E-state index < -0.39 is 0 Å². The number of aromatic nitrogens is 3. The van der Waals surface area contributed by atoms with E-state index in [1.54, 1.807) is 12.1 Å². The van der Waals surface area contributed by atoms with E-state index in [9.17, 15) is 9.59 Å². The number of imidazole rings is 1. The maximum Gasteiger partial charge on any atom is 0.325 e. The quantitative estimate of drug-likeness (QED) is 0.705. The summed E-state index contributed by atoms with van der Waals surface area (Å²) in [5.41, 5.74) is 1.04. The summed E-state index contributed by atoms with van der Waals surface area (Å²) in [6.45, 7) is 0. The van der Waals surface area contributed by atoms with Crippen molar-refractivity contribution in [3.63, 3.8) is 0 Å². The summed E-state index contributed by atoms with van der Waals surface area (Å²) < 4.78 is 0. The Labute approximate surface area is 96.5 Å². The van der Waals surface area contributed by atoms with Gasteiger partial charge in [-0.1, -0.05) is 0 Å². The van der Waals surface area contributed by atoms with Crippen molar-refractivity contribution in [1.29, 1.82) is 0 Å². The van der Waals surface area contributed by atoms with E-state index in [2.05, 4.69) is 20.3 Å². The Morgan fingerprint density at radius 1 is 1.35 bits per heavy atom. The van der Waals surface area contributed by atoms with Gasteiger partial charge in [0.05, 0.1) is 5.52 Å². The SMILES string of the molecule is O=C(NC1CCC1)c1ccc2[nH]c(=O)[nH]c2n1. The van der Waals surface area contributed by atoms with Crippen LogP contribution in [0.3, 0.4) is 0 Å². The van der Waals surface area contributed by atoms with Crippen molar-refractivity contribution in [2.24, 2.45) is 0 Å². The van der Waals surface area contributed by atoms with Crippen LogP contribution in [-0.4, -0.2) is 26.9 Å². The van der Waals surface area contributed by atoms with E-state index in [4.69, 9.17) is 0 Å². The number of hydrogen-bond donors (Lipinski definition) is 3. The van der Waals surface area contributed by atoms with E-state index >= 15 is 0 Å². The monoisotopic (exact) mass is 232 g/mol. The molecule has 0 atom stereocenters. The molecule has 1 saturated carbocycles. The lowest BCUT2D eigenvalue weighted by Gasteiger charge is -2.26. The van der Waals surface area contributed by atoms with Crippen LogP contribution in [0.5, 0.6) is 0 Å². The Hall–Kier alpha value is -2.11. The zero-order chi connectivity index (χ0) is 11.8. The second kappa shape index (κ2) is 3.73. The van der Waals surface area contributed by atoms with E-state index in [1.165, 1.54) is 6.42 Å². The highest BCUT2D eigenvalue weighted by Gasteiger charge is 2.20. The zero-order valence-corrected chi connectivity index (χ0v) is 9.12. The van der Waals surface area contributed by atoms with Crippen molar-refractivity contribution in [3.8, 4) is 0 Å². The standard InChI is InChI=1S/C11H12N4O2/c16-10(12-6-2-1-3-6)8-5-4-7-9(13-8)15-11(17)14-7/h4-6H,1-3H2,(H,12,16)(H2,13,14,15,17). The maximum absolute atomic E-state index is 11.8. The van der Waals surface area contributed by atoms with Crippen LogP contribution < -0.4 is 11.0 Å². The fourth-order valence-electron chi connectivity index (χ4n) is 1.85. The van der Waals surface area contributed by atoms with Crippen LogP contribution in [0.1, 0.15) is 29.8 Å². The van der Waals surface area contributed by atoms with Gasteiger partial charge in [-0.3, -0.25) is 9.78 Å². The topological polar surface area (TPSA) is 90.6 Å². The molecular formula is C11H12N4O2. The first-order chi connectivity index (χ1) is 8.22. The van der Waals surface area contributed by atoms with Crippen molar-refractivity contribution >= 4 is 17.1 Å². The Morgan fingerprint density at radius 3 is 2.88 bits per heavy atom. The molecule has 0 unspecified atom stereocenters. The molecule has 3 rings (SSSR count). The van der Waals surface area contributed by atoms with Crippen molar-refractivity contribution < 1.29 is 4.79 Å². The number of hydrogen-bond acceptors (Lipinski definition) is 3. The maximum atomic E-state index is 11.8. The molecule has 17 heavy (non-hydrogen) atoms. The second-order valence-electron chi connectivity index (χ2n) is 4.27. The first kappa shape index (κ1) is 10.1. The number of amides is 1. The average Bonchev–Trinajstić information content (AvgIpc) is 2.62. The number of pyridine rings is 1. The summed E-state index contributed by atoms with van der Waals surface area (Å²) in [5.74, 6) is -0.182. The van der Waals surface area contributed by atoms with Gasteiger partial charge in [0.15, 0.2) is 5.65 Å². The molecule has 0 aromatic carbocycles. The van der Waals surface area contributed by atoms with Gasteiger partial charge in [-0.25, -0.2) is 9.78 Å². The number of rotatable bonds is 2. The van der Waals surface area contributed by atoms with E-state index in [0.29, 0.717) is 16.9 Å². The molecule has 6 nitrogen and oxygen atoms in total. The van der Waals surface area contributed by atoms with Crippen molar-refractivity contribution in [2.75, 3.05) is 0 Å². The van der Waals surface area contributed by atoms with Crippen LogP contribution >= 0.6 is 0 Å². The predicted octanol–water partition coefficient (Wildman–Crippen LogP) is 0.533. The number of nitrogens with one attached hydrogen (secondary N) is 3. The number of carbonyl (C=O) groups is 1. The van der Waals surface area contributed by atoms with Gasteiger partial charge >= 0.3 is 5.69 Å². The van der Waals surface area contributed by atoms with Crippen LogP contribution in [0.25, 0.3) is 11.2 Å². The zero-order valence-electron chi connectivity index (χ0n) is 9.12. The number of aromatic amines is 2. The van der Waals surface area contributed by atoms with Gasteiger partial charge in [-0.15, -0.1) is 0 Å². The van der Waals surface area contributed by atoms with E-state index in [0.717, 1.165) is 12.8 Å². The Morgan fingerprint density at radius 2 is 2.18 bits per heavy atom. The third-order valence-corrected chi connectivity index (χ3v) is 3.05. The van der Waals surface area contributed by atoms with Gasteiger partial charge < -0.3 is 10.3 Å². The molecule has 1 aliphatic rings.